The first-order valence-electron chi connectivity index (χ1n) is 10.1. The highest BCUT2D eigenvalue weighted by atomic mass is 16.2. The Kier molecular flexibility index (Phi) is 5.54. The van der Waals surface area contributed by atoms with Gasteiger partial charge < -0.3 is 20.4 Å². The molecule has 0 radical (unpaired) electrons. The molecule has 0 atom stereocenters. The van der Waals surface area contributed by atoms with E-state index in [1.54, 1.807) is 25.1 Å². The lowest BCUT2D eigenvalue weighted by molar-refractivity contribution is 0.0958. The Morgan fingerprint density at radius 1 is 1.23 bits per heavy atom. The van der Waals surface area contributed by atoms with Crippen molar-refractivity contribution in [1.29, 1.82) is 0 Å². The van der Waals surface area contributed by atoms with Crippen LogP contribution in [0, 0.1) is 6.92 Å². The quantitative estimate of drug-likeness (QED) is 0.794. The number of carbonyl (C=O) groups is 2. The number of urea groups is 1. The van der Waals surface area contributed by atoms with Crippen LogP contribution in [0.25, 0.3) is 0 Å². The largest absolute Gasteiger partial charge is 0.368 e. The summed E-state index contributed by atoms with van der Waals surface area (Å²) in [5, 5.41) is 5.51. The number of carbonyl (C=O) groups excluding carboxylic acids is 2. The first-order chi connectivity index (χ1) is 14.4. The number of nitrogens with zero attached hydrogens (tertiary/aromatic N) is 5. The van der Waals surface area contributed by atoms with Crippen molar-refractivity contribution in [2.24, 2.45) is 0 Å². The molecule has 9 heteroatoms. The van der Waals surface area contributed by atoms with E-state index in [-0.39, 0.29) is 11.9 Å². The van der Waals surface area contributed by atoms with Gasteiger partial charge >= 0.3 is 6.03 Å². The van der Waals surface area contributed by atoms with Crippen LogP contribution in [0.5, 0.6) is 0 Å². The Labute approximate surface area is 176 Å². The number of rotatable bonds is 4. The number of fused-ring (bicyclic) bond motifs is 1. The molecule has 2 aliphatic heterocycles. The van der Waals surface area contributed by atoms with Gasteiger partial charge in [-0.25, -0.2) is 9.78 Å². The van der Waals surface area contributed by atoms with E-state index in [0.717, 1.165) is 61.0 Å². The first-order valence-corrected chi connectivity index (χ1v) is 10.1. The maximum absolute atomic E-state index is 11.9. The van der Waals surface area contributed by atoms with E-state index in [4.69, 9.17) is 0 Å². The SMILES string of the molecule is CNC(=O)c1ccc(N2CCN(Cc3cnc4c(c3)NC(=O)N(C)C4)CC2)c(C)n1. The fraction of sp³-hybridized carbons (Fsp3) is 0.429. The van der Waals surface area contributed by atoms with E-state index in [0.29, 0.717) is 12.2 Å². The van der Waals surface area contributed by atoms with Crippen molar-refractivity contribution in [2.45, 2.75) is 20.0 Å². The van der Waals surface area contributed by atoms with Gasteiger partial charge in [0.1, 0.15) is 5.69 Å². The molecule has 2 N–H and O–H groups in total. The molecule has 158 valence electrons. The number of aromatic nitrogens is 2. The van der Waals surface area contributed by atoms with Gasteiger partial charge in [-0.3, -0.25) is 14.7 Å². The molecule has 0 spiro atoms. The van der Waals surface area contributed by atoms with Crippen LogP contribution in [0.15, 0.2) is 24.4 Å². The van der Waals surface area contributed by atoms with Crippen molar-refractivity contribution in [2.75, 3.05) is 50.5 Å². The summed E-state index contributed by atoms with van der Waals surface area (Å²) in [7, 11) is 3.37. The van der Waals surface area contributed by atoms with Crippen molar-refractivity contribution in [3.63, 3.8) is 0 Å². The first kappa shape index (κ1) is 20.1. The highest BCUT2D eigenvalue weighted by molar-refractivity contribution is 5.92. The second kappa shape index (κ2) is 8.27. The minimum atomic E-state index is -0.170. The zero-order chi connectivity index (χ0) is 21.3. The van der Waals surface area contributed by atoms with E-state index in [9.17, 15) is 9.59 Å². The molecule has 4 rings (SSSR count). The summed E-state index contributed by atoms with van der Waals surface area (Å²) in [6, 6.07) is 5.69. The number of amides is 3. The van der Waals surface area contributed by atoms with E-state index >= 15 is 0 Å². The lowest BCUT2D eigenvalue weighted by Crippen LogP contribution is -2.46. The van der Waals surface area contributed by atoms with E-state index in [1.807, 2.05) is 25.3 Å². The number of piperazine rings is 1. The highest BCUT2D eigenvalue weighted by Gasteiger charge is 2.23. The molecular formula is C21H27N7O2. The van der Waals surface area contributed by atoms with Crippen molar-refractivity contribution >= 4 is 23.3 Å². The second-order valence-corrected chi connectivity index (χ2v) is 7.77. The summed E-state index contributed by atoms with van der Waals surface area (Å²) in [6.45, 7) is 6.90. The molecule has 9 nitrogen and oxygen atoms in total. The number of anilines is 2. The Morgan fingerprint density at radius 3 is 2.70 bits per heavy atom. The molecule has 1 saturated heterocycles. The zero-order valence-electron chi connectivity index (χ0n) is 17.6. The molecule has 0 aliphatic carbocycles. The highest BCUT2D eigenvalue weighted by Crippen LogP contribution is 2.24. The summed E-state index contributed by atoms with van der Waals surface area (Å²) in [4.78, 5) is 38.9. The molecule has 1 fully saturated rings. The molecule has 0 unspecified atom stereocenters. The van der Waals surface area contributed by atoms with Gasteiger partial charge in [-0.2, -0.15) is 0 Å². The minimum Gasteiger partial charge on any atom is -0.368 e. The molecule has 0 bridgehead atoms. The monoisotopic (exact) mass is 409 g/mol. The maximum Gasteiger partial charge on any atom is 0.321 e. The fourth-order valence-electron chi connectivity index (χ4n) is 3.91. The molecule has 0 aromatic carbocycles. The Bertz CT molecular complexity index is 970. The van der Waals surface area contributed by atoms with Crippen LogP contribution in [0.3, 0.4) is 0 Å². The second-order valence-electron chi connectivity index (χ2n) is 7.77. The van der Waals surface area contributed by atoms with Gasteiger partial charge in [0.15, 0.2) is 0 Å². The lowest BCUT2D eigenvalue weighted by Gasteiger charge is -2.36. The van der Waals surface area contributed by atoms with Gasteiger partial charge in [0.05, 0.1) is 29.3 Å². The van der Waals surface area contributed by atoms with Crippen molar-refractivity contribution in [3.05, 3.63) is 47.0 Å². The number of hydrogen-bond acceptors (Lipinski definition) is 6. The smallest absolute Gasteiger partial charge is 0.321 e. The average molecular weight is 409 g/mol. The third kappa shape index (κ3) is 4.06. The summed E-state index contributed by atoms with van der Waals surface area (Å²) in [6.07, 6.45) is 1.90. The van der Waals surface area contributed by atoms with Gasteiger partial charge in [0.2, 0.25) is 0 Å². The molecule has 30 heavy (non-hydrogen) atoms. The maximum atomic E-state index is 11.9. The van der Waals surface area contributed by atoms with Crippen LogP contribution in [0.4, 0.5) is 16.2 Å². The average Bonchev–Trinajstić information content (AvgIpc) is 2.75. The zero-order valence-corrected chi connectivity index (χ0v) is 17.6. The van der Waals surface area contributed by atoms with Crippen LogP contribution < -0.4 is 15.5 Å². The van der Waals surface area contributed by atoms with E-state index < -0.39 is 0 Å². The standard InChI is InChI=1S/C21H27N7O2/c1-14-19(5-4-16(24-14)20(29)22-2)28-8-6-27(7-9-28)12-15-10-17-18(23-11-15)13-26(3)21(30)25-17/h4-5,10-11H,6-9,12-13H2,1-3H3,(H,22,29)(H,25,30). The van der Waals surface area contributed by atoms with Crippen molar-refractivity contribution < 1.29 is 9.59 Å². The van der Waals surface area contributed by atoms with Gasteiger partial charge in [0.25, 0.3) is 5.91 Å². The number of aryl methyl sites for hydroxylation is 1. The molecular weight excluding hydrogens is 382 g/mol. The van der Waals surface area contributed by atoms with Crippen molar-refractivity contribution in [3.8, 4) is 0 Å². The number of nitrogens with one attached hydrogen (secondary N) is 2. The van der Waals surface area contributed by atoms with Gasteiger partial charge in [-0.1, -0.05) is 0 Å². The van der Waals surface area contributed by atoms with Gasteiger partial charge in [-0.05, 0) is 30.7 Å². The van der Waals surface area contributed by atoms with E-state index in [2.05, 4.69) is 30.4 Å². The lowest BCUT2D eigenvalue weighted by atomic mass is 10.1. The predicted octanol–water partition coefficient (Wildman–Crippen LogP) is 1.44. The minimum absolute atomic E-state index is 0.0959. The summed E-state index contributed by atoms with van der Waals surface area (Å²) in [5.41, 5.74) is 5.19. The molecule has 2 aromatic rings. The molecule has 2 aromatic heterocycles. The van der Waals surface area contributed by atoms with Crippen LogP contribution >= 0.6 is 0 Å². The van der Waals surface area contributed by atoms with Crippen LogP contribution in [-0.4, -0.2) is 72.0 Å². The summed E-state index contributed by atoms with van der Waals surface area (Å²) < 4.78 is 0. The molecule has 0 saturated carbocycles. The van der Waals surface area contributed by atoms with Crippen LogP contribution in [0.2, 0.25) is 0 Å². The molecule has 3 amide bonds. The molecule has 4 heterocycles. The topological polar surface area (TPSA) is 93.7 Å². The summed E-state index contributed by atoms with van der Waals surface area (Å²) in [5.74, 6) is -0.170. The van der Waals surface area contributed by atoms with Crippen molar-refractivity contribution in [1.82, 2.24) is 25.1 Å². The third-order valence-electron chi connectivity index (χ3n) is 5.64. The van der Waals surface area contributed by atoms with E-state index in [1.165, 1.54) is 0 Å². The van der Waals surface area contributed by atoms with Gasteiger partial charge in [-0.15, -0.1) is 0 Å². The third-order valence-corrected chi connectivity index (χ3v) is 5.64. The van der Waals surface area contributed by atoms with Crippen LogP contribution in [-0.2, 0) is 13.1 Å². The normalized spacial score (nSPS) is 16.8. The molecule has 2 aliphatic rings. The van der Waals surface area contributed by atoms with Crippen LogP contribution in [0.1, 0.15) is 27.4 Å². The predicted molar refractivity (Wildman–Crippen MR) is 115 cm³/mol. The number of hydrogen-bond donors (Lipinski definition) is 2. The summed E-state index contributed by atoms with van der Waals surface area (Å²) >= 11 is 0. The van der Waals surface area contributed by atoms with Gasteiger partial charge in [0, 0.05) is 53.0 Å². The fourth-order valence-corrected chi connectivity index (χ4v) is 3.91. The Hall–Kier alpha value is -3.20. The number of pyridine rings is 2. The Morgan fingerprint density at radius 2 is 2.00 bits per heavy atom. The Balaban J connectivity index is 1.37.